The van der Waals surface area contributed by atoms with Crippen LogP contribution in [0.4, 0.5) is 0 Å². The zero-order valence-electron chi connectivity index (χ0n) is 13.0. The highest BCUT2D eigenvalue weighted by molar-refractivity contribution is 5.77. The van der Waals surface area contributed by atoms with E-state index in [9.17, 15) is 5.11 Å². The Kier molecular flexibility index (Phi) is 6.43. The van der Waals surface area contributed by atoms with Gasteiger partial charge in [-0.3, -0.25) is 4.90 Å². The van der Waals surface area contributed by atoms with Crippen LogP contribution in [0.2, 0.25) is 0 Å². The Morgan fingerprint density at radius 1 is 1.36 bits per heavy atom. The molecule has 1 aromatic rings. The number of rotatable bonds is 6. The predicted molar refractivity (Wildman–Crippen MR) is 90.5 cm³/mol. The fourth-order valence-electron chi connectivity index (χ4n) is 2.59. The van der Waals surface area contributed by atoms with Gasteiger partial charge >= 0.3 is 0 Å². The molecule has 1 fully saturated rings. The molecule has 1 aliphatic heterocycles. The molecule has 2 rings (SSSR count). The maximum Gasteiger partial charge on any atom is 0.189 e. The van der Waals surface area contributed by atoms with Gasteiger partial charge in [0.2, 0.25) is 0 Å². The molecule has 0 bridgehead atoms. The lowest BCUT2D eigenvalue weighted by Crippen LogP contribution is -2.35. The molecular formula is C17H26N4O. The standard InChI is InChI=1S/C17H26N4O/c1-2-9-19-17(18)20-12-14-5-3-4-6-15(14)13-21-10-7-16(22)8-11-21/h2-6,16,22H,1,7-13H2,(H3,18,19,20). The minimum absolute atomic E-state index is 0.133. The summed E-state index contributed by atoms with van der Waals surface area (Å²) in [5.41, 5.74) is 8.28. The molecule has 0 amide bonds. The number of benzene rings is 1. The molecule has 0 spiro atoms. The van der Waals surface area contributed by atoms with Crippen molar-refractivity contribution < 1.29 is 5.11 Å². The Balaban J connectivity index is 1.96. The first-order valence-electron chi connectivity index (χ1n) is 7.81. The highest BCUT2D eigenvalue weighted by atomic mass is 16.3. The van der Waals surface area contributed by atoms with Crippen molar-refractivity contribution in [3.05, 3.63) is 48.0 Å². The van der Waals surface area contributed by atoms with Crippen LogP contribution in [-0.4, -0.2) is 41.7 Å². The summed E-state index contributed by atoms with van der Waals surface area (Å²) in [6.07, 6.45) is 3.34. The first kappa shape index (κ1) is 16.5. The summed E-state index contributed by atoms with van der Waals surface area (Å²) < 4.78 is 0. The molecular weight excluding hydrogens is 276 g/mol. The van der Waals surface area contributed by atoms with Crippen molar-refractivity contribution in [3.8, 4) is 0 Å². The van der Waals surface area contributed by atoms with Crippen LogP contribution in [0.3, 0.4) is 0 Å². The summed E-state index contributed by atoms with van der Waals surface area (Å²) in [6, 6.07) is 8.32. The Hall–Kier alpha value is -1.85. The van der Waals surface area contributed by atoms with Gasteiger partial charge in [-0.1, -0.05) is 30.3 Å². The first-order chi connectivity index (χ1) is 10.7. The lowest BCUT2D eigenvalue weighted by Gasteiger charge is -2.30. The number of nitrogens with one attached hydrogen (secondary N) is 1. The van der Waals surface area contributed by atoms with Crippen LogP contribution in [0.1, 0.15) is 24.0 Å². The second kappa shape index (κ2) is 8.56. The molecule has 0 radical (unpaired) electrons. The van der Waals surface area contributed by atoms with Gasteiger partial charge in [-0.2, -0.15) is 0 Å². The molecule has 5 nitrogen and oxygen atoms in total. The molecule has 0 atom stereocenters. The Bertz CT molecular complexity index is 507. The van der Waals surface area contributed by atoms with Crippen molar-refractivity contribution in [3.63, 3.8) is 0 Å². The van der Waals surface area contributed by atoms with Crippen LogP contribution < -0.4 is 11.1 Å². The predicted octanol–water partition coefficient (Wildman–Crippen LogP) is 1.23. The van der Waals surface area contributed by atoms with Crippen molar-refractivity contribution in [1.29, 1.82) is 0 Å². The maximum atomic E-state index is 9.59. The number of aliphatic hydroxyl groups excluding tert-OH is 1. The third-order valence-corrected chi connectivity index (χ3v) is 3.92. The quantitative estimate of drug-likeness (QED) is 0.420. The summed E-state index contributed by atoms with van der Waals surface area (Å²) in [4.78, 5) is 6.76. The van der Waals surface area contributed by atoms with E-state index in [4.69, 9.17) is 5.73 Å². The summed E-state index contributed by atoms with van der Waals surface area (Å²) in [7, 11) is 0. The van der Waals surface area contributed by atoms with Crippen molar-refractivity contribution in [2.24, 2.45) is 10.7 Å². The number of hydrogen-bond acceptors (Lipinski definition) is 3. The Labute approximate surface area is 132 Å². The largest absolute Gasteiger partial charge is 0.393 e. The van der Waals surface area contributed by atoms with Crippen LogP contribution in [0.5, 0.6) is 0 Å². The van der Waals surface area contributed by atoms with Crippen molar-refractivity contribution >= 4 is 5.96 Å². The third kappa shape index (κ3) is 5.16. The van der Waals surface area contributed by atoms with E-state index in [0.29, 0.717) is 19.0 Å². The summed E-state index contributed by atoms with van der Waals surface area (Å²) in [6.45, 7) is 7.62. The molecule has 0 aliphatic carbocycles. The second-order valence-corrected chi connectivity index (χ2v) is 5.65. The van der Waals surface area contributed by atoms with Crippen LogP contribution in [-0.2, 0) is 13.1 Å². The minimum Gasteiger partial charge on any atom is -0.393 e. The van der Waals surface area contributed by atoms with Gasteiger partial charge in [-0.05, 0) is 24.0 Å². The van der Waals surface area contributed by atoms with Gasteiger partial charge in [0.1, 0.15) is 0 Å². The highest BCUT2D eigenvalue weighted by Crippen LogP contribution is 2.17. The molecule has 0 unspecified atom stereocenters. The normalized spacial score (nSPS) is 17.4. The van der Waals surface area contributed by atoms with Crippen LogP contribution in [0.15, 0.2) is 41.9 Å². The van der Waals surface area contributed by atoms with E-state index in [1.807, 2.05) is 6.07 Å². The fraction of sp³-hybridized carbons (Fsp3) is 0.471. The number of guanidine groups is 1. The van der Waals surface area contributed by atoms with E-state index in [-0.39, 0.29) is 6.10 Å². The molecule has 4 N–H and O–H groups in total. The zero-order chi connectivity index (χ0) is 15.8. The van der Waals surface area contributed by atoms with Gasteiger partial charge in [0.25, 0.3) is 0 Å². The molecule has 0 aromatic heterocycles. The van der Waals surface area contributed by atoms with Crippen LogP contribution in [0.25, 0.3) is 0 Å². The summed E-state index contributed by atoms with van der Waals surface area (Å²) in [5, 5.41) is 12.6. The highest BCUT2D eigenvalue weighted by Gasteiger charge is 2.17. The van der Waals surface area contributed by atoms with E-state index in [0.717, 1.165) is 32.5 Å². The monoisotopic (exact) mass is 302 g/mol. The molecule has 0 saturated carbocycles. The number of nitrogens with two attached hydrogens (primary N) is 1. The van der Waals surface area contributed by atoms with Gasteiger partial charge in [-0.15, -0.1) is 6.58 Å². The smallest absolute Gasteiger partial charge is 0.189 e. The van der Waals surface area contributed by atoms with Crippen molar-refractivity contribution in [2.75, 3.05) is 19.6 Å². The van der Waals surface area contributed by atoms with Gasteiger partial charge in [-0.25, -0.2) is 4.99 Å². The molecule has 1 aromatic carbocycles. The lowest BCUT2D eigenvalue weighted by molar-refractivity contribution is 0.0791. The Morgan fingerprint density at radius 3 is 2.73 bits per heavy atom. The zero-order valence-corrected chi connectivity index (χ0v) is 13.0. The molecule has 5 heteroatoms. The van der Waals surface area contributed by atoms with Crippen LogP contribution in [0, 0.1) is 0 Å². The van der Waals surface area contributed by atoms with E-state index >= 15 is 0 Å². The molecule has 120 valence electrons. The second-order valence-electron chi connectivity index (χ2n) is 5.65. The van der Waals surface area contributed by atoms with Crippen molar-refractivity contribution in [2.45, 2.75) is 32.0 Å². The van der Waals surface area contributed by atoms with Crippen molar-refractivity contribution in [1.82, 2.24) is 10.2 Å². The average Bonchev–Trinajstić information content (AvgIpc) is 2.54. The average molecular weight is 302 g/mol. The molecule has 1 heterocycles. The van der Waals surface area contributed by atoms with E-state index < -0.39 is 0 Å². The first-order valence-corrected chi connectivity index (χ1v) is 7.81. The summed E-state index contributed by atoms with van der Waals surface area (Å²) >= 11 is 0. The topological polar surface area (TPSA) is 73.9 Å². The molecule has 1 saturated heterocycles. The third-order valence-electron chi connectivity index (χ3n) is 3.92. The molecule has 1 aliphatic rings. The summed E-state index contributed by atoms with van der Waals surface area (Å²) in [5.74, 6) is 0.441. The Morgan fingerprint density at radius 2 is 2.05 bits per heavy atom. The SMILES string of the molecule is C=CCNC(N)=NCc1ccccc1CN1CCC(O)CC1. The lowest BCUT2D eigenvalue weighted by atomic mass is 10.0. The van der Waals surface area contributed by atoms with Gasteiger partial charge < -0.3 is 16.2 Å². The number of nitrogens with zero attached hydrogens (tertiary/aromatic N) is 2. The number of aliphatic imine (C=N–C) groups is 1. The van der Waals surface area contributed by atoms with Gasteiger partial charge in [0, 0.05) is 26.2 Å². The maximum absolute atomic E-state index is 9.59. The number of piperidine rings is 1. The number of aliphatic hydroxyl groups is 1. The fourth-order valence-corrected chi connectivity index (χ4v) is 2.59. The minimum atomic E-state index is -0.133. The van der Waals surface area contributed by atoms with E-state index in [1.165, 1.54) is 11.1 Å². The van der Waals surface area contributed by atoms with Gasteiger partial charge in [0.15, 0.2) is 5.96 Å². The number of hydrogen-bond donors (Lipinski definition) is 3. The van der Waals surface area contributed by atoms with Crippen LogP contribution >= 0.6 is 0 Å². The van der Waals surface area contributed by atoms with E-state index in [2.05, 4.69) is 40.0 Å². The molecule has 22 heavy (non-hydrogen) atoms. The van der Waals surface area contributed by atoms with Gasteiger partial charge in [0.05, 0.1) is 12.6 Å². The van der Waals surface area contributed by atoms with E-state index in [1.54, 1.807) is 6.08 Å². The number of likely N-dealkylation sites (tertiary alicyclic amines) is 1.